The van der Waals surface area contributed by atoms with Crippen LogP contribution in [0.5, 0.6) is 0 Å². The van der Waals surface area contributed by atoms with Crippen LogP contribution >= 0.6 is 0 Å². The molecule has 0 aliphatic heterocycles. The van der Waals surface area contributed by atoms with E-state index in [9.17, 15) is 15.2 Å². The lowest BCUT2D eigenvalue weighted by atomic mass is 10.0. The molecule has 1 heterocycles. The van der Waals surface area contributed by atoms with Gasteiger partial charge in [-0.1, -0.05) is 6.92 Å². The van der Waals surface area contributed by atoms with E-state index in [-0.39, 0.29) is 24.1 Å². The minimum Gasteiger partial charge on any atom is -0.394 e. The second-order valence-electron chi connectivity index (χ2n) is 3.92. The Labute approximate surface area is 98.0 Å². The summed E-state index contributed by atoms with van der Waals surface area (Å²) in [5.74, 6) is -0.0459. The van der Waals surface area contributed by atoms with Crippen LogP contribution < -0.4 is 11.1 Å². The molecular formula is C9H15N5O3. The van der Waals surface area contributed by atoms with E-state index < -0.39 is 10.5 Å². The molecule has 8 heteroatoms. The number of aliphatic hydroxyl groups excluding tert-OH is 1. The first kappa shape index (κ1) is 13.1. The van der Waals surface area contributed by atoms with Crippen LogP contribution in [0.2, 0.25) is 0 Å². The second kappa shape index (κ2) is 4.91. The quantitative estimate of drug-likeness (QED) is 0.507. The van der Waals surface area contributed by atoms with Crippen molar-refractivity contribution >= 4 is 17.5 Å². The van der Waals surface area contributed by atoms with Gasteiger partial charge in [0.25, 0.3) is 0 Å². The smallest absolute Gasteiger partial charge is 0.329 e. The zero-order chi connectivity index (χ0) is 13.1. The Morgan fingerprint density at radius 1 is 1.71 bits per heavy atom. The zero-order valence-corrected chi connectivity index (χ0v) is 9.67. The number of rotatable bonds is 5. The number of hydrogen-bond donors (Lipinski definition) is 3. The number of nitrogens with one attached hydrogen (secondary N) is 1. The molecule has 1 unspecified atom stereocenters. The van der Waals surface area contributed by atoms with Gasteiger partial charge in [-0.05, 0) is 13.3 Å². The summed E-state index contributed by atoms with van der Waals surface area (Å²) in [4.78, 5) is 17.5. The summed E-state index contributed by atoms with van der Waals surface area (Å²) < 4.78 is 0. The third kappa shape index (κ3) is 3.00. The Hall–Kier alpha value is -1.96. The fourth-order valence-corrected chi connectivity index (χ4v) is 1.14. The molecule has 0 bridgehead atoms. The molecule has 1 aromatic heterocycles. The van der Waals surface area contributed by atoms with Crippen molar-refractivity contribution in [3.8, 4) is 0 Å². The fraction of sp³-hybridized carbons (Fsp3) is 0.556. The van der Waals surface area contributed by atoms with Gasteiger partial charge in [0.15, 0.2) is 0 Å². The highest BCUT2D eigenvalue weighted by Crippen LogP contribution is 2.25. The molecule has 0 aliphatic carbocycles. The molecule has 0 aliphatic rings. The molecule has 0 amide bonds. The van der Waals surface area contributed by atoms with Crippen LogP contribution in [0.1, 0.15) is 20.3 Å². The number of nitrogens with two attached hydrogens (primary N) is 1. The van der Waals surface area contributed by atoms with Crippen LogP contribution in [0.25, 0.3) is 0 Å². The number of nitrogens with zero attached hydrogens (tertiary/aromatic N) is 3. The van der Waals surface area contributed by atoms with Gasteiger partial charge in [0.2, 0.25) is 11.8 Å². The monoisotopic (exact) mass is 241 g/mol. The molecule has 4 N–H and O–H groups in total. The molecule has 0 saturated carbocycles. The maximum absolute atomic E-state index is 10.8. The van der Waals surface area contributed by atoms with Crippen LogP contribution in [0.15, 0.2) is 6.20 Å². The van der Waals surface area contributed by atoms with Crippen molar-refractivity contribution in [3.63, 3.8) is 0 Å². The summed E-state index contributed by atoms with van der Waals surface area (Å²) >= 11 is 0. The molecule has 17 heavy (non-hydrogen) atoms. The number of hydrogen-bond acceptors (Lipinski definition) is 7. The van der Waals surface area contributed by atoms with Gasteiger partial charge in [-0.3, -0.25) is 10.1 Å². The molecule has 8 nitrogen and oxygen atoms in total. The van der Waals surface area contributed by atoms with Gasteiger partial charge in [0, 0.05) is 0 Å². The van der Waals surface area contributed by atoms with Crippen molar-refractivity contribution in [3.05, 3.63) is 16.3 Å². The Morgan fingerprint density at radius 3 is 2.82 bits per heavy atom. The maximum atomic E-state index is 10.8. The minimum absolute atomic E-state index is 0.0147. The molecule has 1 aromatic rings. The van der Waals surface area contributed by atoms with Gasteiger partial charge in [0.1, 0.15) is 6.20 Å². The zero-order valence-electron chi connectivity index (χ0n) is 9.67. The van der Waals surface area contributed by atoms with Crippen molar-refractivity contribution in [2.75, 3.05) is 17.7 Å². The summed E-state index contributed by atoms with van der Waals surface area (Å²) in [6.45, 7) is 3.40. The average molecular weight is 241 g/mol. The number of aliphatic hydroxyl groups is 1. The lowest BCUT2D eigenvalue weighted by molar-refractivity contribution is -0.384. The first-order valence-electron chi connectivity index (χ1n) is 5.08. The Morgan fingerprint density at radius 2 is 2.35 bits per heavy atom. The van der Waals surface area contributed by atoms with Gasteiger partial charge in [-0.25, -0.2) is 4.98 Å². The first-order valence-corrected chi connectivity index (χ1v) is 5.08. The van der Waals surface area contributed by atoms with Crippen molar-refractivity contribution in [1.29, 1.82) is 0 Å². The lowest BCUT2D eigenvalue weighted by Crippen LogP contribution is -2.38. The molecule has 0 radical (unpaired) electrons. The number of aromatic nitrogens is 2. The van der Waals surface area contributed by atoms with Crippen LogP contribution in [-0.2, 0) is 0 Å². The third-order valence-electron chi connectivity index (χ3n) is 2.53. The first-order chi connectivity index (χ1) is 7.91. The topological polar surface area (TPSA) is 127 Å². The molecule has 0 fully saturated rings. The van der Waals surface area contributed by atoms with E-state index in [0.717, 1.165) is 6.20 Å². The highest BCUT2D eigenvalue weighted by molar-refractivity contribution is 5.57. The normalized spacial score (nSPS) is 14.1. The van der Waals surface area contributed by atoms with Crippen LogP contribution in [0, 0.1) is 10.1 Å². The van der Waals surface area contributed by atoms with E-state index in [4.69, 9.17) is 5.73 Å². The second-order valence-corrected chi connectivity index (χ2v) is 3.92. The highest BCUT2D eigenvalue weighted by atomic mass is 16.6. The molecule has 94 valence electrons. The summed E-state index contributed by atoms with van der Waals surface area (Å²) in [5.41, 5.74) is 4.42. The Balaban J connectivity index is 3.12. The highest BCUT2D eigenvalue weighted by Gasteiger charge is 2.26. The Kier molecular flexibility index (Phi) is 3.79. The average Bonchev–Trinajstić information content (AvgIpc) is 2.28. The van der Waals surface area contributed by atoms with Gasteiger partial charge in [0.05, 0.1) is 17.1 Å². The van der Waals surface area contributed by atoms with Gasteiger partial charge >= 0.3 is 5.69 Å². The van der Waals surface area contributed by atoms with Crippen molar-refractivity contribution in [2.24, 2.45) is 0 Å². The summed E-state index contributed by atoms with van der Waals surface area (Å²) in [5, 5.41) is 22.8. The molecule has 0 spiro atoms. The predicted octanol–water partition coefficient (Wildman–Crippen LogP) is 0.540. The molecule has 1 atom stereocenters. The molecule has 0 aromatic carbocycles. The lowest BCUT2D eigenvalue weighted by Gasteiger charge is -2.27. The van der Waals surface area contributed by atoms with Gasteiger partial charge in [-0.2, -0.15) is 4.98 Å². The van der Waals surface area contributed by atoms with Crippen molar-refractivity contribution in [2.45, 2.75) is 25.8 Å². The minimum atomic E-state index is -0.689. The summed E-state index contributed by atoms with van der Waals surface area (Å²) in [7, 11) is 0. The molecule has 1 rings (SSSR count). The van der Waals surface area contributed by atoms with E-state index in [1.807, 2.05) is 6.92 Å². The number of nitrogen functional groups attached to an aromatic ring is 1. The number of anilines is 2. The van der Waals surface area contributed by atoms with E-state index >= 15 is 0 Å². The largest absolute Gasteiger partial charge is 0.394 e. The van der Waals surface area contributed by atoms with E-state index in [1.165, 1.54) is 0 Å². The van der Waals surface area contributed by atoms with E-state index in [2.05, 4.69) is 15.3 Å². The van der Waals surface area contributed by atoms with E-state index in [1.54, 1.807) is 6.92 Å². The predicted molar refractivity (Wildman–Crippen MR) is 62.5 cm³/mol. The van der Waals surface area contributed by atoms with Crippen molar-refractivity contribution < 1.29 is 10.0 Å². The van der Waals surface area contributed by atoms with Crippen LogP contribution in [-0.4, -0.2) is 32.1 Å². The van der Waals surface area contributed by atoms with Crippen molar-refractivity contribution in [1.82, 2.24) is 9.97 Å². The fourth-order valence-electron chi connectivity index (χ4n) is 1.14. The van der Waals surface area contributed by atoms with Gasteiger partial charge in [-0.15, -0.1) is 0 Å². The van der Waals surface area contributed by atoms with Crippen LogP contribution in [0.4, 0.5) is 17.5 Å². The molecule has 0 saturated heterocycles. The standard InChI is InChI=1S/C9H15N5O3/c1-3-9(2,5-15)13-7-6(14(16)17)4-11-8(10)12-7/h4,15H,3,5H2,1-2H3,(H3,10,11,12,13). The van der Waals surface area contributed by atoms with Gasteiger partial charge < -0.3 is 16.2 Å². The number of nitro groups is 1. The van der Waals surface area contributed by atoms with Crippen LogP contribution in [0.3, 0.4) is 0 Å². The SMILES string of the molecule is CCC(C)(CO)Nc1nc(N)ncc1[N+](=O)[O-]. The van der Waals surface area contributed by atoms with E-state index in [0.29, 0.717) is 6.42 Å². The maximum Gasteiger partial charge on any atom is 0.329 e. The summed E-state index contributed by atoms with van der Waals surface area (Å²) in [6.07, 6.45) is 1.61. The summed E-state index contributed by atoms with van der Waals surface area (Å²) in [6, 6.07) is 0. The third-order valence-corrected chi connectivity index (χ3v) is 2.53. The molecular weight excluding hydrogens is 226 g/mol. The Bertz CT molecular complexity index is 419.